The van der Waals surface area contributed by atoms with Gasteiger partial charge in [0.2, 0.25) is 0 Å². The highest BCUT2D eigenvalue weighted by atomic mass is 16.7. The van der Waals surface area contributed by atoms with E-state index in [0.29, 0.717) is 50.5 Å². The van der Waals surface area contributed by atoms with E-state index in [1.165, 1.54) is 7.11 Å². The molecule has 1 atom stereocenters. The highest BCUT2D eigenvalue weighted by molar-refractivity contribution is 5.99. The fourth-order valence-corrected chi connectivity index (χ4v) is 4.85. The SMILES string of the molecule is C=C(CN1Cc2cc(-c3ccccc3)ccc2C1=O)N1CC2(C[C@H]1C(=O)OC)OCCO2. The minimum atomic E-state index is -0.815. The lowest BCUT2D eigenvalue weighted by Crippen LogP contribution is -2.40. The number of rotatable bonds is 5. The van der Waals surface area contributed by atoms with Crippen molar-refractivity contribution < 1.29 is 23.8 Å². The van der Waals surface area contributed by atoms with Gasteiger partial charge in [-0.1, -0.05) is 43.0 Å². The quantitative estimate of drug-likeness (QED) is 0.675. The number of benzene rings is 2. The van der Waals surface area contributed by atoms with Crippen LogP contribution >= 0.6 is 0 Å². The zero-order valence-corrected chi connectivity index (χ0v) is 18.1. The molecule has 3 aliphatic heterocycles. The monoisotopic (exact) mass is 434 g/mol. The van der Waals surface area contributed by atoms with Gasteiger partial charge in [-0.2, -0.15) is 0 Å². The molecule has 2 aromatic rings. The molecule has 3 heterocycles. The van der Waals surface area contributed by atoms with Crippen LogP contribution in [0.25, 0.3) is 11.1 Å². The fourth-order valence-electron chi connectivity index (χ4n) is 4.85. The molecule has 32 heavy (non-hydrogen) atoms. The van der Waals surface area contributed by atoms with Crippen molar-refractivity contribution in [3.63, 3.8) is 0 Å². The van der Waals surface area contributed by atoms with E-state index < -0.39 is 11.8 Å². The van der Waals surface area contributed by atoms with Gasteiger partial charge in [0.25, 0.3) is 5.91 Å². The lowest BCUT2D eigenvalue weighted by molar-refractivity contribution is -0.152. The lowest BCUT2D eigenvalue weighted by atomic mass is 10.0. The maximum Gasteiger partial charge on any atom is 0.328 e. The number of fused-ring (bicyclic) bond motifs is 1. The Hall–Kier alpha value is -3.16. The summed E-state index contributed by atoms with van der Waals surface area (Å²) in [5.74, 6) is -1.20. The molecule has 5 rings (SSSR count). The van der Waals surface area contributed by atoms with Gasteiger partial charge >= 0.3 is 5.97 Å². The van der Waals surface area contributed by atoms with Crippen LogP contribution in [0.2, 0.25) is 0 Å². The molecule has 1 spiro atoms. The number of carbonyl (C=O) groups is 2. The predicted octanol–water partition coefficient (Wildman–Crippen LogP) is 2.81. The Labute approximate surface area is 187 Å². The maximum atomic E-state index is 13.0. The molecule has 1 amide bonds. The van der Waals surface area contributed by atoms with Crippen LogP contribution in [0.5, 0.6) is 0 Å². The van der Waals surface area contributed by atoms with E-state index >= 15 is 0 Å². The fraction of sp³-hybridized carbons (Fsp3) is 0.360. The van der Waals surface area contributed by atoms with Gasteiger partial charge in [-0.05, 0) is 28.8 Å². The highest BCUT2D eigenvalue weighted by Gasteiger charge is 2.52. The number of esters is 1. The number of carbonyl (C=O) groups excluding carboxylic acids is 2. The van der Waals surface area contributed by atoms with E-state index in [2.05, 4.69) is 24.8 Å². The Morgan fingerprint density at radius 2 is 1.91 bits per heavy atom. The molecule has 2 aromatic carbocycles. The minimum absolute atomic E-state index is 0.0299. The van der Waals surface area contributed by atoms with Crippen molar-refractivity contribution in [1.82, 2.24) is 9.80 Å². The molecule has 2 fully saturated rings. The zero-order valence-electron chi connectivity index (χ0n) is 18.1. The molecule has 3 aliphatic rings. The second-order valence-electron chi connectivity index (χ2n) is 8.44. The van der Waals surface area contributed by atoms with Gasteiger partial charge in [0.1, 0.15) is 6.04 Å². The van der Waals surface area contributed by atoms with Crippen molar-refractivity contribution in [1.29, 1.82) is 0 Å². The van der Waals surface area contributed by atoms with Crippen LogP contribution in [0.3, 0.4) is 0 Å². The Bertz CT molecular complexity index is 1060. The Morgan fingerprint density at radius 3 is 2.62 bits per heavy atom. The number of hydrogen-bond donors (Lipinski definition) is 0. The molecule has 0 radical (unpaired) electrons. The van der Waals surface area contributed by atoms with Crippen LogP contribution in [0.4, 0.5) is 0 Å². The Balaban J connectivity index is 1.32. The molecule has 166 valence electrons. The summed E-state index contributed by atoms with van der Waals surface area (Å²) in [4.78, 5) is 29.1. The van der Waals surface area contributed by atoms with Crippen LogP contribution < -0.4 is 0 Å². The summed E-state index contributed by atoms with van der Waals surface area (Å²) in [6, 6.07) is 15.5. The number of methoxy groups -OCH3 is 1. The smallest absolute Gasteiger partial charge is 0.328 e. The topological polar surface area (TPSA) is 68.3 Å². The van der Waals surface area contributed by atoms with Gasteiger partial charge in [0.05, 0.1) is 33.4 Å². The molecule has 2 saturated heterocycles. The van der Waals surface area contributed by atoms with Gasteiger partial charge in [-0.15, -0.1) is 0 Å². The molecular formula is C25H26N2O5. The summed E-state index contributed by atoms with van der Waals surface area (Å²) in [6.45, 7) is 6.40. The third-order valence-electron chi connectivity index (χ3n) is 6.45. The molecule has 0 saturated carbocycles. The summed E-state index contributed by atoms with van der Waals surface area (Å²) in [7, 11) is 1.37. The van der Waals surface area contributed by atoms with E-state index in [1.54, 1.807) is 4.90 Å². The van der Waals surface area contributed by atoms with Crippen molar-refractivity contribution in [2.24, 2.45) is 0 Å². The van der Waals surface area contributed by atoms with Crippen LogP contribution in [0.1, 0.15) is 22.3 Å². The molecule has 0 bridgehead atoms. The first-order valence-corrected chi connectivity index (χ1v) is 10.8. The third kappa shape index (κ3) is 3.57. The number of likely N-dealkylation sites (tertiary alicyclic amines) is 1. The lowest BCUT2D eigenvalue weighted by Gasteiger charge is -2.29. The zero-order chi connectivity index (χ0) is 22.3. The second-order valence-corrected chi connectivity index (χ2v) is 8.44. The van der Waals surface area contributed by atoms with Crippen LogP contribution in [0, 0.1) is 0 Å². The summed E-state index contributed by atoms with van der Waals surface area (Å²) in [6.07, 6.45) is 0.382. The highest BCUT2D eigenvalue weighted by Crippen LogP contribution is 2.37. The largest absolute Gasteiger partial charge is 0.467 e. The standard InChI is InChI=1S/C25H26N2O5/c1-17(27-16-25(31-10-11-32-25)13-22(27)24(29)30-2)14-26-15-20-12-19(8-9-21(20)23(26)28)18-6-4-3-5-7-18/h3-9,12,22H,1,10-11,13-16H2,2H3/t22-/m0/s1. The number of amides is 1. The summed E-state index contributed by atoms with van der Waals surface area (Å²) >= 11 is 0. The van der Waals surface area contributed by atoms with Crippen LogP contribution in [-0.4, -0.2) is 66.9 Å². The van der Waals surface area contributed by atoms with Crippen molar-refractivity contribution in [2.45, 2.75) is 24.8 Å². The molecule has 7 heteroatoms. The van der Waals surface area contributed by atoms with Crippen molar-refractivity contribution in [3.05, 3.63) is 71.9 Å². The molecular weight excluding hydrogens is 408 g/mol. The summed E-state index contributed by atoms with van der Waals surface area (Å²) in [5.41, 5.74) is 4.57. The van der Waals surface area contributed by atoms with E-state index in [0.717, 1.165) is 16.7 Å². The van der Waals surface area contributed by atoms with E-state index in [-0.39, 0.29) is 11.9 Å². The number of nitrogens with zero attached hydrogens (tertiary/aromatic N) is 2. The van der Waals surface area contributed by atoms with Crippen molar-refractivity contribution in [2.75, 3.05) is 33.4 Å². The van der Waals surface area contributed by atoms with Crippen LogP contribution in [0.15, 0.2) is 60.8 Å². The number of ether oxygens (including phenoxy) is 3. The first-order chi connectivity index (χ1) is 15.5. The summed E-state index contributed by atoms with van der Waals surface area (Å²) in [5, 5.41) is 0. The normalized spacial score (nSPS) is 21.3. The molecule has 7 nitrogen and oxygen atoms in total. The van der Waals surface area contributed by atoms with Gasteiger partial charge < -0.3 is 24.0 Å². The van der Waals surface area contributed by atoms with Gasteiger partial charge in [-0.25, -0.2) is 4.79 Å². The predicted molar refractivity (Wildman–Crippen MR) is 118 cm³/mol. The van der Waals surface area contributed by atoms with E-state index in [4.69, 9.17) is 14.2 Å². The molecule has 0 aromatic heterocycles. The minimum Gasteiger partial charge on any atom is -0.467 e. The number of hydrogen-bond acceptors (Lipinski definition) is 6. The van der Waals surface area contributed by atoms with Gasteiger partial charge in [0.15, 0.2) is 5.79 Å². The first kappa shape index (κ1) is 20.7. The molecule has 0 unspecified atom stereocenters. The van der Waals surface area contributed by atoms with Gasteiger partial charge in [0, 0.05) is 24.2 Å². The van der Waals surface area contributed by atoms with E-state index in [1.807, 2.05) is 35.2 Å². The first-order valence-electron chi connectivity index (χ1n) is 10.8. The average molecular weight is 434 g/mol. The maximum absolute atomic E-state index is 13.0. The average Bonchev–Trinajstić information content (AvgIpc) is 3.52. The Kier molecular flexibility index (Phi) is 5.23. The Morgan fingerprint density at radius 1 is 1.16 bits per heavy atom. The third-order valence-corrected chi connectivity index (χ3v) is 6.45. The summed E-state index contributed by atoms with van der Waals surface area (Å²) < 4.78 is 16.6. The second kappa shape index (κ2) is 8.07. The van der Waals surface area contributed by atoms with Gasteiger partial charge in [-0.3, -0.25) is 4.79 Å². The molecule has 0 N–H and O–H groups in total. The van der Waals surface area contributed by atoms with Crippen LogP contribution in [-0.2, 0) is 25.5 Å². The van der Waals surface area contributed by atoms with Crippen molar-refractivity contribution >= 4 is 11.9 Å². The van der Waals surface area contributed by atoms with E-state index in [9.17, 15) is 9.59 Å². The molecule has 0 aliphatic carbocycles. The van der Waals surface area contributed by atoms with Crippen molar-refractivity contribution in [3.8, 4) is 11.1 Å².